The van der Waals surface area contributed by atoms with Crippen LogP contribution in [0.5, 0.6) is 0 Å². The fraction of sp³-hybridized carbons (Fsp3) is 0.500. The molecule has 0 spiro atoms. The van der Waals surface area contributed by atoms with Gasteiger partial charge in [-0.2, -0.15) is 5.10 Å². The maximum Gasteiger partial charge on any atom is 0.111 e. The van der Waals surface area contributed by atoms with Gasteiger partial charge in [-0.25, -0.2) is 0 Å². The van der Waals surface area contributed by atoms with Crippen LogP contribution >= 0.6 is 0 Å². The summed E-state index contributed by atoms with van der Waals surface area (Å²) in [5.74, 6) is 1.64. The monoisotopic (exact) mass is 248 g/mol. The topological polar surface area (TPSA) is 51.2 Å². The number of rotatable bonds is 4. The number of hydrogen-bond donors (Lipinski definition) is 1. The van der Waals surface area contributed by atoms with Crippen LogP contribution in [0.1, 0.15) is 47.7 Å². The Morgan fingerprint density at radius 3 is 2.61 bits per heavy atom. The molecule has 0 aliphatic rings. The number of aromatic nitrogens is 2. The van der Waals surface area contributed by atoms with Crippen LogP contribution < -0.4 is 0 Å². The summed E-state index contributed by atoms with van der Waals surface area (Å²) in [6, 6.07) is 0. The minimum absolute atomic E-state index is 0.659. The minimum atomic E-state index is -0.659. The highest BCUT2D eigenvalue weighted by molar-refractivity contribution is 5.37. The molecule has 0 amide bonds. The number of aryl methyl sites for hydroxylation is 3. The zero-order valence-electron chi connectivity index (χ0n) is 11.4. The van der Waals surface area contributed by atoms with Gasteiger partial charge in [0, 0.05) is 23.9 Å². The van der Waals surface area contributed by atoms with Crippen molar-refractivity contribution in [3.05, 3.63) is 40.6 Å². The van der Waals surface area contributed by atoms with Crippen LogP contribution in [0.15, 0.2) is 16.8 Å². The van der Waals surface area contributed by atoms with Gasteiger partial charge in [0.25, 0.3) is 0 Å². The van der Waals surface area contributed by atoms with Crippen LogP contribution in [0.2, 0.25) is 0 Å². The summed E-state index contributed by atoms with van der Waals surface area (Å²) in [5, 5.41) is 14.7. The summed E-state index contributed by atoms with van der Waals surface area (Å²) in [5.41, 5.74) is 2.70. The normalized spacial score (nSPS) is 12.9. The fourth-order valence-electron chi connectivity index (χ4n) is 2.25. The molecule has 0 radical (unpaired) electrons. The number of aliphatic hydroxyl groups is 1. The Hall–Kier alpha value is -1.55. The molecule has 2 rings (SSSR count). The van der Waals surface area contributed by atoms with Gasteiger partial charge in [-0.15, -0.1) is 0 Å². The Bertz CT molecular complexity index is 540. The lowest BCUT2D eigenvalue weighted by Crippen LogP contribution is -2.01. The Kier molecular flexibility index (Phi) is 3.57. The molecule has 18 heavy (non-hydrogen) atoms. The van der Waals surface area contributed by atoms with E-state index in [9.17, 15) is 5.11 Å². The largest absolute Gasteiger partial charge is 0.466 e. The van der Waals surface area contributed by atoms with E-state index in [0.717, 1.165) is 41.2 Å². The maximum absolute atomic E-state index is 10.4. The Morgan fingerprint density at radius 2 is 2.06 bits per heavy atom. The van der Waals surface area contributed by atoms with Crippen molar-refractivity contribution in [1.82, 2.24) is 9.78 Å². The number of hydrogen-bond acceptors (Lipinski definition) is 3. The smallest absolute Gasteiger partial charge is 0.111 e. The van der Waals surface area contributed by atoms with E-state index >= 15 is 0 Å². The molecule has 1 unspecified atom stereocenters. The lowest BCUT2D eigenvalue weighted by Gasteiger charge is -2.08. The van der Waals surface area contributed by atoms with Crippen molar-refractivity contribution >= 4 is 0 Å². The second-order valence-corrected chi connectivity index (χ2v) is 4.69. The molecule has 0 bridgehead atoms. The van der Waals surface area contributed by atoms with Gasteiger partial charge in [-0.05, 0) is 32.8 Å². The molecule has 0 saturated carbocycles. The molecule has 2 aromatic rings. The van der Waals surface area contributed by atoms with E-state index in [-0.39, 0.29) is 0 Å². The highest BCUT2D eigenvalue weighted by Crippen LogP contribution is 2.31. The highest BCUT2D eigenvalue weighted by atomic mass is 16.3. The van der Waals surface area contributed by atoms with Gasteiger partial charge >= 0.3 is 0 Å². The number of aliphatic hydroxyl groups excluding tert-OH is 1. The third-order valence-electron chi connectivity index (χ3n) is 3.31. The summed E-state index contributed by atoms with van der Waals surface area (Å²) in [6.07, 6.45) is 3.99. The molecule has 0 aliphatic heterocycles. The van der Waals surface area contributed by atoms with Crippen LogP contribution in [0.3, 0.4) is 0 Å². The van der Waals surface area contributed by atoms with E-state index < -0.39 is 6.10 Å². The van der Waals surface area contributed by atoms with Crippen molar-refractivity contribution in [1.29, 1.82) is 0 Å². The van der Waals surface area contributed by atoms with Crippen LogP contribution in [0, 0.1) is 20.8 Å². The van der Waals surface area contributed by atoms with E-state index in [1.165, 1.54) is 0 Å². The van der Waals surface area contributed by atoms with Crippen molar-refractivity contribution in [3.63, 3.8) is 0 Å². The van der Waals surface area contributed by atoms with Crippen LogP contribution in [-0.4, -0.2) is 14.9 Å². The Morgan fingerprint density at radius 1 is 1.33 bits per heavy atom. The molecular formula is C14H20N2O2. The summed E-state index contributed by atoms with van der Waals surface area (Å²) in [6.45, 7) is 8.75. The SMILES string of the molecule is CCCn1cc(C(O)c2c(C)oc(C)c2C)cn1. The van der Waals surface area contributed by atoms with Crippen LogP contribution in [0.25, 0.3) is 0 Å². The predicted molar refractivity (Wildman–Crippen MR) is 69.5 cm³/mol. The molecule has 0 aromatic carbocycles. The van der Waals surface area contributed by atoms with E-state index in [1.807, 2.05) is 31.6 Å². The quantitative estimate of drug-likeness (QED) is 0.905. The molecule has 2 aromatic heterocycles. The molecule has 4 heteroatoms. The molecule has 2 heterocycles. The van der Waals surface area contributed by atoms with Gasteiger partial charge in [-0.3, -0.25) is 4.68 Å². The van der Waals surface area contributed by atoms with Gasteiger partial charge in [0.2, 0.25) is 0 Å². The van der Waals surface area contributed by atoms with Gasteiger partial charge < -0.3 is 9.52 Å². The first kappa shape index (κ1) is 12.9. The third-order valence-corrected chi connectivity index (χ3v) is 3.31. The fourth-order valence-corrected chi connectivity index (χ4v) is 2.25. The number of nitrogens with zero attached hydrogens (tertiary/aromatic N) is 2. The molecule has 0 aliphatic carbocycles. The average Bonchev–Trinajstić information content (AvgIpc) is 2.86. The summed E-state index contributed by atoms with van der Waals surface area (Å²) >= 11 is 0. The summed E-state index contributed by atoms with van der Waals surface area (Å²) < 4.78 is 7.41. The molecule has 4 nitrogen and oxygen atoms in total. The van der Waals surface area contributed by atoms with Gasteiger partial charge in [0.05, 0.1) is 6.20 Å². The molecular weight excluding hydrogens is 228 g/mol. The van der Waals surface area contributed by atoms with Crippen molar-refractivity contribution < 1.29 is 9.52 Å². The minimum Gasteiger partial charge on any atom is -0.466 e. The predicted octanol–water partition coefficient (Wildman–Crippen LogP) is 2.89. The highest BCUT2D eigenvalue weighted by Gasteiger charge is 2.21. The standard InChI is InChI=1S/C14H20N2O2/c1-5-6-16-8-12(7-15-16)14(17)13-9(2)10(3)18-11(13)4/h7-8,14,17H,5-6H2,1-4H3. The molecule has 1 atom stereocenters. The molecule has 0 fully saturated rings. The van der Waals surface area contributed by atoms with E-state index in [2.05, 4.69) is 12.0 Å². The van der Waals surface area contributed by atoms with Crippen LogP contribution in [-0.2, 0) is 6.54 Å². The van der Waals surface area contributed by atoms with E-state index in [4.69, 9.17) is 4.42 Å². The lowest BCUT2D eigenvalue weighted by atomic mass is 10.0. The second-order valence-electron chi connectivity index (χ2n) is 4.69. The van der Waals surface area contributed by atoms with E-state index in [1.54, 1.807) is 6.20 Å². The van der Waals surface area contributed by atoms with Gasteiger partial charge in [0.1, 0.15) is 17.6 Å². The van der Waals surface area contributed by atoms with Gasteiger partial charge in [-0.1, -0.05) is 6.92 Å². The first-order valence-corrected chi connectivity index (χ1v) is 6.31. The van der Waals surface area contributed by atoms with Gasteiger partial charge in [0.15, 0.2) is 0 Å². The van der Waals surface area contributed by atoms with Crippen LogP contribution in [0.4, 0.5) is 0 Å². The lowest BCUT2D eigenvalue weighted by molar-refractivity contribution is 0.217. The zero-order chi connectivity index (χ0) is 13.3. The zero-order valence-corrected chi connectivity index (χ0v) is 11.4. The van der Waals surface area contributed by atoms with Crippen molar-refractivity contribution in [2.24, 2.45) is 0 Å². The molecule has 0 saturated heterocycles. The summed E-state index contributed by atoms with van der Waals surface area (Å²) in [4.78, 5) is 0. The van der Waals surface area contributed by atoms with Crippen molar-refractivity contribution in [2.45, 2.75) is 46.8 Å². The Balaban J connectivity index is 2.32. The van der Waals surface area contributed by atoms with Crippen molar-refractivity contribution in [3.8, 4) is 0 Å². The first-order chi connectivity index (χ1) is 8.54. The molecule has 98 valence electrons. The molecule has 1 N–H and O–H groups in total. The third kappa shape index (κ3) is 2.20. The summed E-state index contributed by atoms with van der Waals surface area (Å²) in [7, 11) is 0. The Labute approximate surface area is 107 Å². The second kappa shape index (κ2) is 4.98. The number of furan rings is 1. The average molecular weight is 248 g/mol. The maximum atomic E-state index is 10.4. The van der Waals surface area contributed by atoms with Crippen molar-refractivity contribution in [2.75, 3.05) is 0 Å². The first-order valence-electron chi connectivity index (χ1n) is 6.31. The van der Waals surface area contributed by atoms with E-state index in [0.29, 0.717) is 0 Å².